The lowest BCUT2D eigenvalue weighted by atomic mass is 10.1. The second-order valence-electron chi connectivity index (χ2n) is 4.79. The van der Waals surface area contributed by atoms with Gasteiger partial charge in [0.15, 0.2) is 0 Å². The number of hydrogen-bond donors (Lipinski definition) is 2. The van der Waals surface area contributed by atoms with Crippen molar-refractivity contribution in [2.45, 2.75) is 30.6 Å². The zero-order valence-corrected chi connectivity index (χ0v) is 12.3. The number of aryl methyl sites for hydroxylation is 1. The third-order valence-electron chi connectivity index (χ3n) is 3.46. The Morgan fingerprint density at radius 1 is 0.850 bits per heavy atom. The molecule has 2 rings (SSSR count). The van der Waals surface area contributed by atoms with E-state index in [0.717, 1.165) is 0 Å². The van der Waals surface area contributed by atoms with E-state index >= 15 is 0 Å². The molecular weight excluding hydrogens is 276 g/mol. The molecule has 0 saturated carbocycles. The van der Waals surface area contributed by atoms with E-state index in [1.54, 1.807) is 26.8 Å². The van der Waals surface area contributed by atoms with Gasteiger partial charge in [-0.2, -0.15) is 0 Å². The molecule has 0 saturated heterocycles. The summed E-state index contributed by atoms with van der Waals surface area (Å²) in [4.78, 5) is 0.215. The van der Waals surface area contributed by atoms with Crippen molar-refractivity contribution in [1.82, 2.24) is 0 Å². The summed E-state index contributed by atoms with van der Waals surface area (Å²) in [5.74, 6) is -0.0311. The first-order valence-electron chi connectivity index (χ1n) is 6.09. The molecule has 0 aromatic heterocycles. The zero-order valence-electron chi connectivity index (χ0n) is 11.5. The molecule has 0 fully saturated rings. The highest BCUT2D eigenvalue weighted by Gasteiger charge is 2.23. The number of phenols is 2. The van der Waals surface area contributed by atoms with E-state index in [9.17, 15) is 18.6 Å². The van der Waals surface area contributed by atoms with Crippen LogP contribution in [0, 0.1) is 20.8 Å². The SMILES string of the molecule is Cc1ccc(O)cc1S(=O)(=O)c1ccc(O)c(C)c1C. The van der Waals surface area contributed by atoms with Gasteiger partial charge in [-0.05, 0) is 61.7 Å². The van der Waals surface area contributed by atoms with E-state index in [1.807, 2.05) is 0 Å². The van der Waals surface area contributed by atoms with E-state index in [-0.39, 0.29) is 21.3 Å². The Hall–Kier alpha value is -2.01. The van der Waals surface area contributed by atoms with Crippen molar-refractivity contribution in [2.75, 3.05) is 0 Å². The normalized spacial score (nSPS) is 11.6. The molecule has 0 aliphatic rings. The van der Waals surface area contributed by atoms with Crippen molar-refractivity contribution in [3.05, 3.63) is 47.0 Å². The third-order valence-corrected chi connectivity index (χ3v) is 5.50. The Balaban J connectivity index is 2.74. The van der Waals surface area contributed by atoms with Gasteiger partial charge in [-0.1, -0.05) is 6.07 Å². The first-order chi connectivity index (χ1) is 9.25. The molecule has 0 heterocycles. The minimum Gasteiger partial charge on any atom is -0.508 e. The highest BCUT2D eigenvalue weighted by atomic mass is 32.2. The average Bonchev–Trinajstić information content (AvgIpc) is 2.38. The summed E-state index contributed by atoms with van der Waals surface area (Å²) < 4.78 is 25.4. The summed E-state index contributed by atoms with van der Waals surface area (Å²) in [5.41, 5.74) is 1.60. The van der Waals surface area contributed by atoms with Crippen LogP contribution in [0.3, 0.4) is 0 Å². The summed E-state index contributed by atoms with van der Waals surface area (Å²) in [6.45, 7) is 4.99. The smallest absolute Gasteiger partial charge is 0.207 e. The maximum absolute atomic E-state index is 12.7. The van der Waals surface area contributed by atoms with Gasteiger partial charge in [0.1, 0.15) is 11.5 Å². The van der Waals surface area contributed by atoms with Gasteiger partial charge in [0.25, 0.3) is 0 Å². The quantitative estimate of drug-likeness (QED) is 0.892. The molecule has 0 unspecified atom stereocenters. The molecule has 0 spiro atoms. The Morgan fingerprint density at radius 2 is 1.50 bits per heavy atom. The fraction of sp³-hybridized carbons (Fsp3) is 0.200. The average molecular weight is 292 g/mol. The molecule has 20 heavy (non-hydrogen) atoms. The molecule has 0 amide bonds. The lowest BCUT2D eigenvalue weighted by Gasteiger charge is -2.13. The number of aromatic hydroxyl groups is 2. The van der Waals surface area contributed by atoms with Crippen LogP contribution in [0.15, 0.2) is 40.1 Å². The number of hydrogen-bond acceptors (Lipinski definition) is 4. The Bertz CT molecular complexity index is 777. The lowest BCUT2D eigenvalue weighted by Crippen LogP contribution is -2.07. The van der Waals surface area contributed by atoms with E-state index in [1.165, 1.54) is 24.3 Å². The van der Waals surface area contributed by atoms with Crippen LogP contribution in [0.5, 0.6) is 11.5 Å². The summed E-state index contributed by atoms with van der Waals surface area (Å²) >= 11 is 0. The van der Waals surface area contributed by atoms with Crippen LogP contribution in [-0.2, 0) is 9.84 Å². The van der Waals surface area contributed by atoms with Crippen molar-refractivity contribution < 1.29 is 18.6 Å². The van der Waals surface area contributed by atoms with Gasteiger partial charge in [-0.15, -0.1) is 0 Å². The highest BCUT2D eigenvalue weighted by molar-refractivity contribution is 7.91. The molecule has 2 aromatic carbocycles. The van der Waals surface area contributed by atoms with Crippen molar-refractivity contribution >= 4 is 9.84 Å². The van der Waals surface area contributed by atoms with Crippen molar-refractivity contribution in [3.63, 3.8) is 0 Å². The van der Waals surface area contributed by atoms with Gasteiger partial charge in [0.05, 0.1) is 9.79 Å². The molecule has 2 aromatic rings. The van der Waals surface area contributed by atoms with E-state index in [0.29, 0.717) is 16.7 Å². The van der Waals surface area contributed by atoms with Crippen LogP contribution >= 0.6 is 0 Å². The molecule has 0 aliphatic carbocycles. The second kappa shape index (κ2) is 4.83. The molecule has 0 radical (unpaired) electrons. The second-order valence-corrected chi connectivity index (χ2v) is 6.67. The van der Waals surface area contributed by atoms with E-state index < -0.39 is 9.84 Å². The van der Waals surface area contributed by atoms with Gasteiger partial charge in [0.2, 0.25) is 9.84 Å². The number of rotatable bonds is 2. The van der Waals surface area contributed by atoms with Crippen LogP contribution in [0.2, 0.25) is 0 Å². The fourth-order valence-corrected chi connectivity index (χ4v) is 3.88. The van der Waals surface area contributed by atoms with Crippen LogP contribution in [-0.4, -0.2) is 18.6 Å². The molecule has 106 valence electrons. The number of phenolic OH excluding ortho intramolecular Hbond substituents is 2. The van der Waals surface area contributed by atoms with E-state index in [4.69, 9.17) is 0 Å². The van der Waals surface area contributed by atoms with Crippen molar-refractivity contribution in [1.29, 1.82) is 0 Å². The van der Waals surface area contributed by atoms with Gasteiger partial charge in [0, 0.05) is 0 Å². The van der Waals surface area contributed by atoms with Gasteiger partial charge in [-0.25, -0.2) is 8.42 Å². The molecule has 5 heteroatoms. The summed E-state index contributed by atoms with van der Waals surface area (Å²) in [7, 11) is -3.73. The zero-order chi connectivity index (χ0) is 15.1. The summed E-state index contributed by atoms with van der Waals surface area (Å²) in [5, 5.41) is 19.1. The summed E-state index contributed by atoms with van der Waals surface area (Å²) in [6.07, 6.45) is 0. The number of benzene rings is 2. The molecule has 0 aliphatic heterocycles. The van der Waals surface area contributed by atoms with Crippen LogP contribution in [0.4, 0.5) is 0 Å². The standard InChI is InChI=1S/C15H16O4S/c1-9-4-5-12(16)8-15(9)20(18,19)14-7-6-13(17)10(2)11(14)3/h4-8,16-17H,1-3H3. The Labute approximate surface area is 118 Å². The molecule has 0 bridgehead atoms. The minimum atomic E-state index is -3.73. The van der Waals surface area contributed by atoms with E-state index in [2.05, 4.69) is 0 Å². The first-order valence-corrected chi connectivity index (χ1v) is 7.57. The molecular formula is C15H16O4S. The third kappa shape index (κ3) is 2.25. The predicted molar refractivity (Wildman–Crippen MR) is 75.9 cm³/mol. The van der Waals surface area contributed by atoms with Crippen LogP contribution in [0.1, 0.15) is 16.7 Å². The Morgan fingerprint density at radius 3 is 2.15 bits per heavy atom. The minimum absolute atomic E-state index is 0.0640. The predicted octanol–water partition coefficient (Wildman–Crippen LogP) is 2.86. The lowest BCUT2D eigenvalue weighted by molar-refractivity contribution is 0.469. The van der Waals surface area contributed by atoms with Gasteiger partial charge < -0.3 is 10.2 Å². The monoisotopic (exact) mass is 292 g/mol. The summed E-state index contributed by atoms with van der Waals surface area (Å²) in [6, 6.07) is 7.00. The van der Waals surface area contributed by atoms with Crippen molar-refractivity contribution in [3.8, 4) is 11.5 Å². The topological polar surface area (TPSA) is 74.6 Å². The largest absolute Gasteiger partial charge is 0.508 e. The maximum Gasteiger partial charge on any atom is 0.207 e. The van der Waals surface area contributed by atoms with Gasteiger partial charge in [-0.3, -0.25) is 0 Å². The Kier molecular flexibility index (Phi) is 3.48. The highest BCUT2D eigenvalue weighted by Crippen LogP contribution is 2.32. The molecule has 2 N–H and O–H groups in total. The van der Waals surface area contributed by atoms with Gasteiger partial charge >= 0.3 is 0 Å². The maximum atomic E-state index is 12.7. The fourth-order valence-electron chi connectivity index (χ4n) is 2.07. The first kappa shape index (κ1) is 14.4. The number of sulfone groups is 1. The van der Waals surface area contributed by atoms with Crippen molar-refractivity contribution in [2.24, 2.45) is 0 Å². The molecule has 4 nitrogen and oxygen atoms in total. The molecule has 0 atom stereocenters. The van der Waals surface area contributed by atoms with Crippen LogP contribution < -0.4 is 0 Å². The van der Waals surface area contributed by atoms with Crippen LogP contribution in [0.25, 0.3) is 0 Å².